The van der Waals surface area contributed by atoms with Crippen LogP contribution in [-0.4, -0.2) is 25.6 Å². The van der Waals surface area contributed by atoms with E-state index in [-0.39, 0.29) is 16.4 Å². The van der Waals surface area contributed by atoms with Gasteiger partial charge in [-0.3, -0.25) is 4.72 Å². The predicted molar refractivity (Wildman–Crippen MR) is 102 cm³/mol. The standard InChI is InChI=1S/C17H17N3O4S2/c1-10-16(25-17(18)19-10)11-3-8-14(24-2)15(9-11)26(22,23)20-12-4-6-13(21)7-5-12/h3-9,20-21H,1-2H3,(H2,18,19). The number of benzene rings is 2. The van der Waals surface area contributed by atoms with Gasteiger partial charge in [0.25, 0.3) is 10.0 Å². The fraction of sp³-hybridized carbons (Fsp3) is 0.118. The number of aryl methyl sites for hydroxylation is 1. The van der Waals surface area contributed by atoms with E-state index in [4.69, 9.17) is 10.5 Å². The van der Waals surface area contributed by atoms with Gasteiger partial charge in [-0.15, -0.1) is 0 Å². The lowest BCUT2D eigenvalue weighted by molar-refractivity contribution is 0.403. The summed E-state index contributed by atoms with van der Waals surface area (Å²) in [5.41, 5.74) is 7.48. The van der Waals surface area contributed by atoms with Gasteiger partial charge >= 0.3 is 0 Å². The molecule has 136 valence electrons. The van der Waals surface area contributed by atoms with Crippen LogP contribution in [0.25, 0.3) is 10.4 Å². The molecule has 3 rings (SSSR count). The SMILES string of the molecule is COc1ccc(-c2sc(N)nc2C)cc1S(=O)(=O)Nc1ccc(O)cc1. The summed E-state index contributed by atoms with van der Waals surface area (Å²) in [6.07, 6.45) is 0. The summed E-state index contributed by atoms with van der Waals surface area (Å²) in [5.74, 6) is 0.265. The number of nitrogens with two attached hydrogens (primary N) is 1. The summed E-state index contributed by atoms with van der Waals surface area (Å²) in [7, 11) is -2.50. The zero-order valence-corrected chi connectivity index (χ0v) is 15.7. The second-order valence-corrected chi connectivity index (χ2v) is 8.17. The fourth-order valence-corrected chi connectivity index (χ4v) is 4.54. The molecule has 0 fully saturated rings. The minimum atomic E-state index is -3.91. The van der Waals surface area contributed by atoms with Gasteiger partial charge in [0, 0.05) is 5.69 Å². The molecule has 1 heterocycles. The third kappa shape index (κ3) is 3.58. The number of anilines is 2. The van der Waals surface area contributed by atoms with E-state index < -0.39 is 10.0 Å². The Morgan fingerprint density at radius 1 is 1.19 bits per heavy atom. The van der Waals surface area contributed by atoms with Crippen LogP contribution in [0.5, 0.6) is 11.5 Å². The first-order chi connectivity index (χ1) is 12.3. The van der Waals surface area contributed by atoms with Crippen molar-refractivity contribution >= 4 is 32.2 Å². The number of phenolic OH excluding ortho intramolecular Hbond substituents is 1. The summed E-state index contributed by atoms with van der Waals surface area (Å²) >= 11 is 1.29. The second kappa shape index (κ2) is 6.85. The number of phenols is 1. The van der Waals surface area contributed by atoms with Gasteiger partial charge in [-0.1, -0.05) is 11.3 Å². The third-order valence-electron chi connectivity index (χ3n) is 3.65. The van der Waals surface area contributed by atoms with E-state index in [0.29, 0.717) is 16.4 Å². The highest BCUT2D eigenvalue weighted by molar-refractivity contribution is 7.92. The van der Waals surface area contributed by atoms with E-state index >= 15 is 0 Å². The van der Waals surface area contributed by atoms with Crippen molar-refractivity contribution < 1.29 is 18.3 Å². The van der Waals surface area contributed by atoms with Crippen molar-refractivity contribution in [1.82, 2.24) is 4.98 Å². The molecular weight excluding hydrogens is 374 g/mol. The van der Waals surface area contributed by atoms with E-state index in [0.717, 1.165) is 10.6 Å². The number of nitrogens with one attached hydrogen (secondary N) is 1. The van der Waals surface area contributed by atoms with Gasteiger partial charge < -0.3 is 15.6 Å². The molecule has 2 aromatic carbocycles. The Morgan fingerprint density at radius 2 is 1.88 bits per heavy atom. The van der Waals surface area contributed by atoms with Crippen LogP contribution in [-0.2, 0) is 10.0 Å². The zero-order chi connectivity index (χ0) is 18.9. The molecule has 0 radical (unpaired) electrons. The normalized spacial score (nSPS) is 11.3. The predicted octanol–water partition coefficient (Wildman–Crippen LogP) is 3.22. The minimum absolute atomic E-state index is 0.00283. The van der Waals surface area contributed by atoms with E-state index in [2.05, 4.69) is 9.71 Å². The average Bonchev–Trinajstić information content (AvgIpc) is 2.94. The Morgan fingerprint density at radius 3 is 2.46 bits per heavy atom. The molecule has 0 amide bonds. The smallest absolute Gasteiger partial charge is 0.265 e. The van der Waals surface area contributed by atoms with E-state index in [1.54, 1.807) is 12.1 Å². The van der Waals surface area contributed by atoms with Crippen molar-refractivity contribution in [2.45, 2.75) is 11.8 Å². The molecule has 0 aliphatic rings. The Balaban J connectivity index is 2.05. The molecule has 0 bridgehead atoms. The van der Waals surface area contributed by atoms with Gasteiger partial charge in [-0.25, -0.2) is 13.4 Å². The highest BCUT2D eigenvalue weighted by atomic mass is 32.2. The van der Waals surface area contributed by atoms with Gasteiger partial charge in [-0.05, 0) is 55.0 Å². The first kappa shape index (κ1) is 18.0. The quantitative estimate of drug-likeness (QED) is 0.575. The van der Waals surface area contributed by atoms with Crippen molar-refractivity contribution in [3.63, 3.8) is 0 Å². The first-order valence-corrected chi connectivity index (χ1v) is 9.83. The highest BCUT2D eigenvalue weighted by Crippen LogP contribution is 2.36. The van der Waals surface area contributed by atoms with Gasteiger partial charge in [0.05, 0.1) is 17.7 Å². The number of hydrogen-bond donors (Lipinski definition) is 3. The number of nitrogen functional groups attached to an aromatic ring is 1. The monoisotopic (exact) mass is 391 g/mol. The molecule has 1 aromatic heterocycles. The van der Waals surface area contributed by atoms with Crippen LogP contribution in [0.2, 0.25) is 0 Å². The number of aromatic hydroxyl groups is 1. The van der Waals surface area contributed by atoms with Crippen molar-refractivity contribution in [3.8, 4) is 21.9 Å². The van der Waals surface area contributed by atoms with Gasteiger partial charge in [0.1, 0.15) is 16.4 Å². The van der Waals surface area contributed by atoms with Crippen molar-refractivity contribution in [1.29, 1.82) is 0 Å². The topological polar surface area (TPSA) is 115 Å². The number of nitrogens with zero attached hydrogens (tertiary/aromatic N) is 1. The Bertz CT molecular complexity index is 1040. The molecule has 0 saturated carbocycles. The van der Waals surface area contributed by atoms with Crippen molar-refractivity contribution in [2.75, 3.05) is 17.6 Å². The molecule has 0 aliphatic carbocycles. The lowest BCUT2D eigenvalue weighted by Crippen LogP contribution is -2.14. The molecule has 7 nitrogen and oxygen atoms in total. The number of aromatic nitrogens is 1. The van der Waals surface area contributed by atoms with Crippen LogP contribution in [0.4, 0.5) is 10.8 Å². The minimum Gasteiger partial charge on any atom is -0.508 e. The van der Waals surface area contributed by atoms with Gasteiger partial charge in [0.15, 0.2) is 5.13 Å². The third-order valence-corrected chi connectivity index (χ3v) is 6.09. The summed E-state index contributed by atoms with van der Waals surface area (Å²) < 4.78 is 33.4. The number of hydrogen-bond acceptors (Lipinski definition) is 7. The molecule has 9 heteroatoms. The number of methoxy groups -OCH3 is 1. The van der Waals surface area contributed by atoms with Crippen molar-refractivity contribution in [3.05, 3.63) is 48.2 Å². The maximum Gasteiger partial charge on any atom is 0.265 e. The molecule has 0 unspecified atom stereocenters. The molecule has 0 atom stereocenters. The van der Waals surface area contributed by atoms with Gasteiger partial charge in [0.2, 0.25) is 0 Å². The largest absolute Gasteiger partial charge is 0.508 e. The van der Waals surface area contributed by atoms with Crippen LogP contribution in [0.15, 0.2) is 47.4 Å². The summed E-state index contributed by atoms with van der Waals surface area (Å²) in [4.78, 5) is 4.97. The fourth-order valence-electron chi connectivity index (χ4n) is 2.45. The zero-order valence-electron chi connectivity index (χ0n) is 14.1. The van der Waals surface area contributed by atoms with Crippen LogP contribution < -0.4 is 15.2 Å². The van der Waals surface area contributed by atoms with Gasteiger partial charge in [-0.2, -0.15) is 0 Å². The molecule has 3 aromatic rings. The summed E-state index contributed by atoms with van der Waals surface area (Å²) in [6, 6.07) is 10.6. The number of ether oxygens (including phenoxy) is 1. The summed E-state index contributed by atoms with van der Waals surface area (Å²) in [5, 5.41) is 9.75. The molecular formula is C17H17N3O4S2. The van der Waals surface area contributed by atoms with E-state index in [9.17, 15) is 13.5 Å². The number of thiazole rings is 1. The van der Waals surface area contributed by atoms with Crippen LogP contribution in [0, 0.1) is 6.92 Å². The lowest BCUT2D eigenvalue weighted by atomic mass is 10.1. The van der Waals surface area contributed by atoms with Crippen LogP contribution in [0.1, 0.15) is 5.69 Å². The van der Waals surface area contributed by atoms with E-state index in [1.165, 1.54) is 48.8 Å². The Labute approximate surface area is 155 Å². The molecule has 0 saturated heterocycles. The molecule has 0 spiro atoms. The van der Waals surface area contributed by atoms with Crippen LogP contribution in [0.3, 0.4) is 0 Å². The van der Waals surface area contributed by atoms with Crippen molar-refractivity contribution in [2.24, 2.45) is 0 Å². The first-order valence-electron chi connectivity index (χ1n) is 7.53. The maximum absolute atomic E-state index is 12.8. The maximum atomic E-state index is 12.8. The molecule has 4 N–H and O–H groups in total. The van der Waals surface area contributed by atoms with Crippen LogP contribution >= 0.6 is 11.3 Å². The summed E-state index contributed by atoms with van der Waals surface area (Å²) in [6.45, 7) is 1.81. The lowest BCUT2D eigenvalue weighted by Gasteiger charge is -2.13. The average molecular weight is 391 g/mol. The molecule has 0 aliphatic heterocycles. The number of rotatable bonds is 5. The van der Waals surface area contributed by atoms with E-state index in [1.807, 2.05) is 6.92 Å². The highest BCUT2D eigenvalue weighted by Gasteiger charge is 2.22. The Kier molecular flexibility index (Phi) is 4.75. The Hall–Kier alpha value is -2.78. The second-order valence-electron chi connectivity index (χ2n) is 5.48. The molecule has 26 heavy (non-hydrogen) atoms. The number of sulfonamides is 1.